The Balaban J connectivity index is 0.733. The molecule has 0 radical (unpaired) electrons. The summed E-state index contributed by atoms with van der Waals surface area (Å²) in [6, 6.07) is 11.3. The number of carbonyl (C=O) groups is 3. The number of aromatic nitrogens is 3. The lowest BCUT2D eigenvalue weighted by molar-refractivity contribution is -0.136. The molecule has 1 aliphatic carbocycles. The first kappa shape index (κ1) is 47.3. The summed E-state index contributed by atoms with van der Waals surface area (Å²) in [5.74, 6) is -1.63. The first-order valence-electron chi connectivity index (χ1n) is 25.5. The van der Waals surface area contributed by atoms with Crippen LogP contribution in [0, 0.1) is 22.5 Å². The maximum Gasteiger partial charge on any atom is 0.319 e. The smallest absolute Gasteiger partial charge is 0.319 e. The number of hydrogen-bond donors (Lipinski definition) is 3. The number of imide groups is 1. The molecular formula is C54H63F2N9O6. The van der Waals surface area contributed by atoms with Crippen LogP contribution >= 0.6 is 0 Å². The minimum atomic E-state index is -0.970. The summed E-state index contributed by atoms with van der Waals surface area (Å²) in [7, 11) is 0. The van der Waals surface area contributed by atoms with Gasteiger partial charge in [-0.2, -0.15) is 9.97 Å². The highest BCUT2D eigenvalue weighted by molar-refractivity contribution is 6.06. The van der Waals surface area contributed by atoms with Crippen LogP contribution in [0.2, 0.25) is 0 Å². The molecule has 0 unspecified atom stereocenters. The average Bonchev–Trinajstić information content (AvgIpc) is 4.04. The third kappa shape index (κ3) is 9.25. The summed E-state index contributed by atoms with van der Waals surface area (Å²) >= 11 is 0. The van der Waals surface area contributed by atoms with E-state index in [1.54, 1.807) is 17.9 Å². The number of aliphatic hydroxyl groups is 1. The van der Waals surface area contributed by atoms with Crippen LogP contribution in [0.5, 0.6) is 11.8 Å². The number of benzene rings is 3. The molecule has 1 saturated carbocycles. The number of fused-ring (bicyclic) bond motifs is 3. The molecule has 7 heterocycles. The molecule has 5 aromatic rings. The van der Waals surface area contributed by atoms with Gasteiger partial charge in [-0.1, -0.05) is 19.9 Å². The molecule has 2 aromatic heterocycles. The van der Waals surface area contributed by atoms with E-state index < -0.39 is 29.2 Å². The lowest BCUT2D eigenvalue weighted by Crippen LogP contribution is -2.52. The Labute approximate surface area is 412 Å². The van der Waals surface area contributed by atoms with Crippen LogP contribution in [0.1, 0.15) is 93.6 Å². The van der Waals surface area contributed by atoms with Crippen LogP contribution in [-0.4, -0.2) is 141 Å². The van der Waals surface area contributed by atoms with Gasteiger partial charge in [-0.15, -0.1) is 0 Å². The molecule has 71 heavy (non-hydrogen) atoms. The van der Waals surface area contributed by atoms with Gasteiger partial charge in [0.25, 0.3) is 5.91 Å². The van der Waals surface area contributed by atoms with Gasteiger partial charge in [-0.3, -0.25) is 29.6 Å². The van der Waals surface area contributed by atoms with E-state index >= 15 is 8.78 Å². The molecule has 3 amide bonds. The topological polar surface area (TPSA) is 168 Å². The number of phenols is 1. The number of nitrogens with one attached hydrogen (secondary N) is 1. The Hall–Kier alpha value is -6.04. The number of anilines is 2. The van der Waals surface area contributed by atoms with E-state index in [2.05, 4.69) is 38.0 Å². The predicted molar refractivity (Wildman–Crippen MR) is 265 cm³/mol. The van der Waals surface area contributed by atoms with Gasteiger partial charge in [0.15, 0.2) is 5.82 Å². The maximum atomic E-state index is 17.2. The van der Waals surface area contributed by atoms with Crippen molar-refractivity contribution in [1.29, 1.82) is 0 Å². The number of rotatable bonds is 12. The predicted octanol–water partition coefficient (Wildman–Crippen LogP) is 6.59. The third-order valence-electron chi connectivity index (χ3n) is 16.3. The van der Waals surface area contributed by atoms with Crippen molar-refractivity contribution in [3.63, 3.8) is 0 Å². The summed E-state index contributed by atoms with van der Waals surface area (Å²) in [6.07, 6.45) is 7.99. The lowest BCUT2D eigenvalue weighted by atomic mass is 9.79. The van der Waals surface area contributed by atoms with Crippen LogP contribution in [-0.2, 0) is 22.6 Å². The molecule has 6 aliphatic rings. The van der Waals surface area contributed by atoms with Crippen molar-refractivity contribution in [1.82, 2.24) is 35.0 Å². The molecule has 3 aromatic carbocycles. The molecule has 11 rings (SSSR count). The van der Waals surface area contributed by atoms with Crippen LogP contribution in [0.25, 0.3) is 32.9 Å². The molecule has 17 heteroatoms. The number of nitrogens with zero attached hydrogens (tertiary/aromatic N) is 8. The number of phenolic OH excluding ortho intramolecular Hbond substituents is 1. The number of piperidine rings is 3. The molecule has 15 nitrogen and oxygen atoms in total. The minimum absolute atomic E-state index is 0.00810. The van der Waals surface area contributed by atoms with Crippen LogP contribution in [0.15, 0.2) is 48.7 Å². The number of β-amino-alcohol motifs (C(OH)–C–C–N with tert-alkyl or cyclic N) is 1. The Morgan fingerprint density at radius 2 is 1.63 bits per heavy atom. The Kier molecular flexibility index (Phi) is 12.1. The summed E-state index contributed by atoms with van der Waals surface area (Å²) in [5.41, 5.74) is 2.40. The highest BCUT2D eigenvalue weighted by atomic mass is 19.1. The van der Waals surface area contributed by atoms with E-state index in [4.69, 9.17) is 14.7 Å². The average molecular weight is 972 g/mol. The van der Waals surface area contributed by atoms with E-state index in [9.17, 15) is 24.6 Å². The molecule has 0 spiro atoms. The number of pyridine rings is 1. The molecule has 0 bridgehead atoms. The van der Waals surface area contributed by atoms with Gasteiger partial charge < -0.3 is 34.5 Å². The van der Waals surface area contributed by atoms with E-state index in [0.29, 0.717) is 78.6 Å². The molecule has 2 atom stereocenters. The first-order chi connectivity index (χ1) is 34.1. The monoisotopic (exact) mass is 971 g/mol. The standard InChI is InChI=1S/C54H63F2N9O6/c1-4-37-41(55)9-6-33-25-36(66)26-39(44(33)37)46-45(56)47-40(27-57-46)48(64-17-5-12-53(3,70)30-64)60-51(59-47)71-32-54(13-14-54)31-61-18-15-52(2,16-19-61)29-62-20-22-63(23-21-62)35-7-8-38-34(24-35)28-65(50(38)69)42-10-11-43(67)58-49(42)68/h6-9,24-27,42,66,70H,4-5,10-23,28-32H2,1-3H3,(H,58,67,68)/t42-,53+/m0/s1. The van der Waals surface area contributed by atoms with Gasteiger partial charge in [0, 0.05) is 93.7 Å². The molecule has 5 aliphatic heterocycles. The van der Waals surface area contributed by atoms with Gasteiger partial charge in [-0.05, 0) is 135 Å². The maximum absolute atomic E-state index is 17.2. The lowest BCUT2D eigenvalue weighted by Gasteiger charge is -2.45. The van der Waals surface area contributed by atoms with Crippen molar-refractivity contribution in [2.75, 3.05) is 81.9 Å². The molecule has 5 fully saturated rings. The quantitative estimate of drug-likeness (QED) is 0.115. The van der Waals surface area contributed by atoms with Crippen molar-refractivity contribution < 1.29 is 38.1 Å². The zero-order chi connectivity index (χ0) is 49.4. The summed E-state index contributed by atoms with van der Waals surface area (Å²) in [5, 5.41) is 25.7. The molecule has 374 valence electrons. The zero-order valence-corrected chi connectivity index (χ0v) is 40.9. The van der Waals surface area contributed by atoms with E-state index in [1.807, 2.05) is 24.0 Å². The van der Waals surface area contributed by atoms with Crippen LogP contribution in [0.4, 0.5) is 20.3 Å². The largest absolute Gasteiger partial charge is 0.508 e. The number of aryl methyl sites for hydroxylation is 1. The van der Waals surface area contributed by atoms with Gasteiger partial charge in [0.05, 0.1) is 17.6 Å². The fourth-order valence-corrected chi connectivity index (χ4v) is 12.0. The van der Waals surface area contributed by atoms with Gasteiger partial charge in [0.2, 0.25) is 11.8 Å². The van der Waals surface area contributed by atoms with Gasteiger partial charge in [-0.25, -0.2) is 8.78 Å². The Bertz CT molecular complexity index is 2950. The minimum Gasteiger partial charge on any atom is -0.508 e. The van der Waals surface area contributed by atoms with Gasteiger partial charge >= 0.3 is 6.01 Å². The number of ether oxygens (including phenoxy) is 1. The number of likely N-dealkylation sites (tertiary alicyclic amines) is 1. The normalized spacial score (nSPS) is 23.7. The second-order valence-corrected chi connectivity index (χ2v) is 21.9. The Morgan fingerprint density at radius 1 is 0.859 bits per heavy atom. The molecular weight excluding hydrogens is 909 g/mol. The third-order valence-corrected chi connectivity index (χ3v) is 16.3. The first-order valence-corrected chi connectivity index (χ1v) is 25.5. The molecule has 3 N–H and O–H groups in total. The number of aromatic hydroxyl groups is 1. The van der Waals surface area contributed by atoms with Gasteiger partial charge in [0.1, 0.15) is 34.6 Å². The fraction of sp³-hybridized carbons (Fsp3) is 0.519. The van der Waals surface area contributed by atoms with Crippen LogP contribution < -0.4 is 19.9 Å². The number of amides is 3. The second kappa shape index (κ2) is 18.2. The fourth-order valence-electron chi connectivity index (χ4n) is 12.0. The summed E-state index contributed by atoms with van der Waals surface area (Å²) in [6.45, 7) is 15.2. The zero-order valence-electron chi connectivity index (χ0n) is 40.9. The SMILES string of the molecule is CCc1c(F)ccc2cc(O)cc(-c3ncc4c(N5CCC[C@@](C)(O)C5)nc(OCC5(CN6CCC(C)(CN7CCN(c8ccc9c(c8)CN([C@H]8CCC(=O)NC8=O)C9=O)CC7)CC6)CC5)nc4c3F)c12. The van der Waals surface area contributed by atoms with Crippen molar-refractivity contribution in [2.24, 2.45) is 10.8 Å². The van der Waals surface area contributed by atoms with E-state index in [0.717, 1.165) is 95.7 Å². The summed E-state index contributed by atoms with van der Waals surface area (Å²) < 4.78 is 38.8. The highest BCUT2D eigenvalue weighted by Crippen LogP contribution is 2.48. The number of halogens is 2. The highest BCUT2D eigenvalue weighted by Gasteiger charge is 2.47. The van der Waals surface area contributed by atoms with Crippen molar-refractivity contribution in [2.45, 2.75) is 96.7 Å². The summed E-state index contributed by atoms with van der Waals surface area (Å²) in [4.78, 5) is 62.8. The van der Waals surface area contributed by atoms with Crippen molar-refractivity contribution in [3.8, 4) is 23.0 Å². The number of carbonyl (C=O) groups excluding carboxylic acids is 3. The Morgan fingerprint density at radius 3 is 2.37 bits per heavy atom. The van der Waals surface area contributed by atoms with Crippen molar-refractivity contribution >= 4 is 50.9 Å². The van der Waals surface area contributed by atoms with E-state index in [-0.39, 0.29) is 57.6 Å². The number of hydrogen-bond acceptors (Lipinski definition) is 13. The molecule has 4 saturated heterocycles. The van der Waals surface area contributed by atoms with Crippen molar-refractivity contribution in [3.05, 3.63) is 77.0 Å². The second-order valence-electron chi connectivity index (χ2n) is 21.9. The number of piperazine rings is 1. The van der Waals surface area contributed by atoms with E-state index in [1.165, 1.54) is 24.4 Å². The van der Waals surface area contributed by atoms with Crippen LogP contribution in [0.3, 0.4) is 0 Å².